The lowest BCUT2D eigenvalue weighted by Gasteiger charge is -2.04. The van der Waals surface area contributed by atoms with Crippen molar-refractivity contribution in [3.63, 3.8) is 0 Å². The molecule has 0 saturated carbocycles. The number of nitrogens with zero attached hydrogens (tertiary/aromatic N) is 2. The van der Waals surface area contributed by atoms with Crippen molar-refractivity contribution in [2.75, 3.05) is 6.54 Å². The first-order chi connectivity index (χ1) is 7.22. The number of aromatic nitrogens is 2. The lowest BCUT2D eigenvalue weighted by atomic mass is 10.2. The molecule has 0 amide bonds. The van der Waals surface area contributed by atoms with Crippen LogP contribution in [0.4, 0.5) is 0 Å². The highest BCUT2D eigenvalue weighted by Gasteiger charge is 1.99. The average molecular weight is 209 g/mol. The quantitative estimate of drug-likeness (QED) is 0.747. The van der Waals surface area contributed by atoms with Crippen LogP contribution in [0.5, 0.6) is 0 Å². The summed E-state index contributed by atoms with van der Waals surface area (Å²) in [4.78, 5) is 4.37. The molecule has 1 aromatic rings. The largest absolute Gasteiger partial charge is 0.337 e. The maximum Gasteiger partial charge on any atom is 0.0949 e. The van der Waals surface area contributed by atoms with Crippen LogP contribution < -0.4 is 5.32 Å². The summed E-state index contributed by atoms with van der Waals surface area (Å²) >= 11 is 0. The zero-order valence-corrected chi connectivity index (χ0v) is 10.2. The van der Waals surface area contributed by atoms with Crippen molar-refractivity contribution in [3.8, 4) is 0 Å². The van der Waals surface area contributed by atoms with Gasteiger partial charge in [-0.1, -0.05) is 27.2 Å². The molecular weight excluding hydrogens is 186 g/mol. The van der Waals surface area contributed by atoms with Crippen molar-refractivity contribution in [3.05, 3.63) is 18.2 Å². The summed E-state index contributed by atoms with van der Waals surface area (Å²) in [5, 5.41) is 3.39. The van der Waals surface area contributed by atoms with E-state index in [0.717, 1.165) is 25.3 Å². The zero-order valence-electron chi connectivity index (χ0n) is 10.2. The van der Waals surface area contributed by atoms with Gasteiger partial charge in [0.1, 0.15) is 0 Å². The maximum atomic E-state index is 4.37. The third-order valence-electron chi connectivity index (χ3n) is 2.32. The van der Waals surface area contributed by atoms with Gasteiger partial charge in [-0.2, -0.15) is 0 Å². The smallest absolute Gasteiger partial charge is 0.0949 e. The van der Waals surface area contributed by atoms with Gasteiger partial charge in [-0.3, -0.25) is 0 Å². The molecule has 0 aliphatic rings. The summed E-state index contributed by atoms with van der Waals surface area (Å²) in [5.41, 5.74) is 1.15. The number of aryl methyl sites for hydroxylation is 1. The minimum absolute atomic E-state index is 0.701. The van der Waals surface area contributed by atoms with E-state index in [1.54, 1.807) is 0 Å². The number of nitrogens with one attached hydrogen (secondary N) is 1. The molecule has 0 aliphatic carbocycles. The minimum Gasteiger partial charge on any atom is -0.337 e. The molecule has 0 radical (unpaired) electrons. The highest BCUT2D eigenvalue weighted by molar-refractivity contribution is 4.96. The first-order valence-electron chi connectivity index (χ1n) is 5.93. The Labute approximate surface area is 92.9 Å². The molecule has 0 atom stereocenters. The van der Waals surface area contributed by atoms with E-state index in [4.69, 9.17) is 0 Å². The zero-order chi connectivity index (χ0) is 11.1. The van der Waals surface area contributed by atoms with E-state index in [2.05, 4.69) is 41.8 Å². The molecule has 1 heterocycles. The second-order valence-electron chi connectivity index (χ2n) is 4.48. The fourth-order valence-electron chi connectivity index (χ4n) is 1.45. The third-order valence-corrected chi connectivity index (χ3v) is 2.32. The molecule has 3 heteroatoms. The number of unbranched alkanes of at least 4 members (excludes halogenated alkanes) is 1. The summed E-state index contributed by atoms with van der Waals surface area (Å²) in [6, 6.07) is 0. The molecular formula is C12H23N3. The third kappa shape index (κ3) is 4.98. The second-order valence-corrected chi connectivity index (χ2v) is 4.48. The van der Waals surface area contributed by atoms with Crippen molar-refractivity contribution >= 4 is 0 Å². The van der Waals surface area contributed by atoms with Gasteiger partial charge in [0.15, 0.2) is 0 Å². The normalized spacial score (nSPS) is 11.2. The van der Waals surface area contributed by atoms with E-state index in [1.807, 2.05) is 6.33 Å². The summed E-state index contributed by atoms with van der Waals surface area (Å²) in [6.07, 6.45) is 6.54. The maximum absolute atomic E-state index is 4.37. The lowest BCUT2D eigenvalue weighted by Crippen LogP contribution is -2.19. The molecule has 0 saturated heterocycles. The van der Waals surface area contributed by atoms with Gasteiger partial charge in [-0.25, -0.2) is 4.98 Å². The Morgan fingerprint density at radius 3 is 2.93 bits per heavy atom. The van der Waals surface area contributed by atoms with Crippen LogP contribution in [0.25, 0.3) is 0 Å². The molecule has 0 aromatic carbocycles. The van der Waals surface area contributed by atoms with Gasteiger partial charge < -0.3 is 9.88 Å². The van der Waals surface area contributed by atoms with Gasteiger partial charge in [0, 0.05) is 19.3 Å². The van der Waals surface area contributed by atoms with Crippen molar-refractivity contribution < 1.29 is 0 Å². The Morgan fingerprint density at radius 2 is 2.27 bits per heavy atom. The highest BCUT2D eigenvalue weighted by atomic mass is 15.0. The average Bonchev–Trinajstić information content (AvgIpc) is 2.62. The summed E-state index contributed by atoms with van der Waals surface area (Å²) in [6.45, 7) is 9.68. The molecule has 1 rings (SSSR count). The standard InChI is InChI=1S/C12H23N3/c1-4-5-6-15-9-12(14-10-15)8-13-7-11(2)3/h9-11,13H,4-8H2,1-3H3. The second kappa shape index (κ2) is 6.62. The van der Waals surface area contributed by atoms with Gasteiger partial charge in [0.05, 0.1) is 12.0 Å². The fourth-order valence-corrected chi connectivity index (χ4v) is 1.45. The van der Waals surface area contributed by atoms with Crippen molar-refractivity contribution in [1.82, 2.24) is 14.9 Å². The van der Waals surface area contributed by atoms with Crippen LogP contribution in [0.2, 0.25) is 0 Å². The Balaban J connectivity index is 2.26. The van der Waals surface area contributed by atoms with Gasteiger partial charge in [0.25, 0.3) is 0 Å². The van der Waals surface area contributed by atoms with Gasteiger partial charge in [-0.15, -0.1) is 0 Å². The van der Waals surface area contributed by atoms with E-state index < -0.39 is 0 Å². The van der Waals surface area contributed by atoms with E-state index in [0.29, 0.717) is 5.92 Å². The molecule has 1 N–H and O–H groups in total. The van der Waals surface area contributed by atoms with E-state index in [9.17, 15) is 0 Å². The Kier molecular flexibility index (Phi) is 5.40. The topological polar surface area (TPSA) is 29.9 Å². The van der Waals surface area contributed by atoms with Gasteiger partial charge in [-0.05, 0) is 18.9 Å². The van der Waals surface area contributed by atoms with E-state index >= 15 is 0 Å². The fraction of sp³-hybridized carbons (Fsp3) is 0.750. The van der Waals surface area contributed by atoms with Crippen LogP contribution in [0.15, 0.2) is 12.5 Å². The molecule has 3 nitrogen and oxygen atoms in total. The summed E-state index contributed by atoms with van der Waals surface area (Å²) in [5.74, 6) is 0.701. The summed E-state index contributed by atoms with van der Waals surface area (Å²) in [7, 11) is 0. The first-order valence-corrected chi connectivity index (χ1v) is 5.93. The van der Waals surface area contributed by atoms with Crippen LogP contribution in [-0.4, -0.2) is 16.1 Å². The lowest BCUT2D eigenvalue weighted by molar-refractivity contribution is 0.548. The SMILES string of the molecule is CCCCn1cnc(CNCC(C)C)c1. The molecule has 0 unspecified atom stereocenters. The number of hydrogen-bond donors (Lipinski definition) is 1. The summed E-state index contributed by atoms with van der Waals surface area (Å²) < 4.78 is 2.18. The predicted octanol–water partition coefficient (Wildman–Crippen LogP) is 2.43. The molecule has 86 valence electrons. The molecule has 0 spiro atoms. The minimum atomic E-state index is 0.701. The molecule has 0 aliphatic heterocycles. The van der Waals surface area contributed by atoms with Gasteiger partial charge >= 0.3 is 0 Å². The number of imidazole rings is 1. The van der Waals surface area contributed by atoms with Crippen molar-refractivity contribution in [2.45, 2.75) is 46.7 Å². The van der Waals surface area contributed by atoms with E-state index in [-0.39, 0.29) is 0 Å². The Hall–Kier alpha value is -0.830. The Morgan fingerprint density at radius 1 is 1.47 bits per heavy atom. The molecule has 0 fully saturated rings. The predicted molar refractivity (Wildman–Crippen MR) is 63.7 cm³/mol. The monoisotopic (exact) mass is 209 g/mol. The molecule has 1 aromatic heterocycles. The van der Waals surface area contributed by atoms with Crippen molar-refractivity contribution in [2.24, 2.45) is 5.92 Å². The van der Waals surface area contributed by atoms with Crippen LogP contribution in [-0.2, 0) is 13.1 Å². The van der Waals surface area contributed by atoms with Gasteiger partial charge in [0.2, 0.25) is 0 Å². The van der Waals surface area contributed by atoms with Crippen LogP contribution >= 0.6 is 0 Å². The first kappa shape index (κ1) is 12.2. The van der Waals surface area contributed by atoms with E-state index in [1.165, 1.54) is 12.8 Å². The molecule has 0 bridgehead atoms. The number of hydrogen-bond acceptors (Lipinski definition) is 2. The van der Waals surface area contributed by atoms with Crippen LogP contribution in [0.1, 0.15) is 39.3 Å². The Bertz CT molecular complexity index is 266. The highest BCUT2D eigenvalue weighted by Crippen LogP contribution is 1.99. The molecule has 15 heavy (non-hydrogen) atoms. The van der Waals surface area contributed by atoms with Crippen LogP contribution in [0.3, 0.4) is 0 Å². The number of rotatable bonds is 7. The van der Waals surface area contributed by atoms with Crippen molar-refractivity contribution in [1.29, 1.82) is 0 Å². The van der Waals surface area contributed by atoms with Crippen LogP contribution in [0, 0.1) is 5.92 Å².